The molecule has 0 aliphatic rings. The van der Waals surface area contributed by atoms with Crippen LogP contribution in [0.2, 0.25) is 0 Å². The number of benzene rings is 2. The monoisotopic (exact) mass is 352 g/mol. The Kier molecular flexibility index (Phi) is 5.61. The highest BCUT2D eigenvalue weighted by atomic mass is 32.2. The highest BCUT2D eigenvalue weighted by Crippen LogP contribution is 2.31. The van der Waals surface area contributed by atoms with Crippen LogP contribution in [0.25, 0.3) is 10.9 Å². The molecule has 4 heteroatoms. The van der Waals surface area contributed by atoms with Crippen LogP contribution in [0, 0.1) is 6.92 Å². The highest BCUT2D eigenvalue weighted by Gasteiger charge is 2.07. The van der Waals surface area contributed by atoms with Crippen molar-refractivity contribution in [2.24, 2.45) is 5.73 Å². The van der Waals surface area contributed by atoms with E-state index in [9.17, 15) is 0 Å². The predicted octanol–water partition coefficient (Wildman–Crippen LogP) is 5.34. The topological polar surface area (TPSA) is 48.1 Å². The van der Waals surface area contributed by atoms with Gasteiger partial charge in [0, 0.05) is 21.6 Å². The van der Waals surface area contributed by atoms with Gasteiger partial charge in [0.05, 0.1) is 5.52 Å². The molecule has 130 valence electrons. The first-order valence-corrected chi connectivity index (χ1v) is 9.48. The number of hydrogen-bond acceptors (Lipinski definition) is 4. The molecule has 0 saturated heterocycles. The number of fused-ring (bicyclic) bond motifs is 1. The average Bonchev–Trinajstić information content (AvgIpc) is 2.57. The molecule has 25 heavy (non-hydrogen) atoms. The molecule has 0 amide bonds. The molecule has 0 bridgehead atoms. The van der Waals surface area contributed by atoms with E-state index in [0.717, 1.165) is 28.6 Å². The van der Waals surface area contributed by atoms with Gasteiger partial charge in [-0.2, -0.15) is 0 Å². The molecule has 0 radical (unpaired) electrons. The first kappa shape index (κ1) is 17.8. The van der Waals surface area contributed by atoms with Gasteiger partial charge in [-0.05, 0) is 67.4 Å². The van der Waals surface area contributed by atoms with E-state index >= 15 is 0 Å². The minimum atomic E-state index is 0.567. The summed E-state index contributed by atoms with van der Waals surface area (Å²) >= 11 is 1.85. The lowest BCUT2D eigenvalue weighted by Gasteiger charge is -2.11. The van der Waals surface area contributed by atoms with Crippen LogP contribution in [0.5, 0.6) is 11.6 Å². The van der Waals surface area contributed by atoms with Gasteiger partial charge in [-0.3, -0.25) is 0 Å². The molecule has 0 fully saturated rings. The van der Waals surface area contributed by atoms with Crippen LogP contribution in [0.4, 0.5) is 0 Å². The lowest BCUT2D eigenvalue weighted by molar-refractivity contribution is 0.461. The van der Waals surface area contributed by atoms with Gasteiger partial charge in [-0.25, -0.2) is 4.98 Å². The summed E-state index contributed by atoms with van der Waals surface area (Å²) in [6, 6.07) is 16.5. The quantitative estimate of drug-likeness (QED) is 0.609. The van der Waals surface area contributed by atoms with Crippen molar-refractivity contribution >= 4 is 22.7 Å². The normalized spacial score (nSPS) is 11.2. The molecule has 1 heterocycles. The van der Waals surface area contributed by atoms with E-state index < -0.39 is 0 Å². The van der Waals surface area contributed by atoms with Crippen LogP contribution in [-0.2, 0) is 6.42 Å². The van der Waals surface area contributed by atoms with Gasteiger partial charge < -0.3 is 10.5 Å². The summed E-state index contributed by atoms with van der Waals surface area (Å²) in [5.74, 6) is 1.46. The second kappa shape index (κ2) is 7.89. The van der Waals surface area contributed by atoms with Crippen LogP contribution >= 0.6 is 11.8 Å². The molecule has 0 aliphatic carbocycles. The van der Waals surface area contributed by atoms with E-state index in [-0.39, 0.29) is 0 Å². The number of nitrogens with two attached hydrogens (primary N) is 1. The van der Waals surface area contributed by atoms with Crippen molar-refractivity contribution in [2.75, 3.05) is 6.54 Å². The van der Waals surface area contributed by atoms with Crippen molar-refractivity contribution in [3.05, 3.63) is 59.7 Å². The Morgan fingerprint density at radius 2 is 1.92 bits per heavy atom. The largest absolute Gasteiger partial charge is 0.439 e. The second-order valence-electron chi connectivity index (χ2n) is 6.41. The Morgan fingerprint density at radius 1 is 1.08 bits per heavy atom. The van der Waals surface area contributed by atoms with Gasteiger partial charge >= 0.3 is 0 Å². The first-order chi connectivity index (χ1) is 12.0. The number of hydrogen-bond donors (Lipinski definition) is 1. The van der Waals surface area contributed by atoms with Crippen LogP contribution in [0.1, 0.15) is 25.0 Å². The smallest absolute Gasteiger partial charge is 0.219 e. The van der Waals surface area contributed by atoms with Crippen LogP contribution < -0.4 is 10.5 Å². The Morgan fingerprint density at radius 3 is 2.64 bits per heavy atom. The summed E-state index contributed by atoms with van der Waals surface area (Å²) < 4.78 is 6.01. The summed E-state index contributed by atoms with van der Waals surface area (Å²) in [6.45, 7) is 7.12. The van der Waals surface area contributed by atoms with Crippen LogP contribution in [0.15, 0.2) is 53.4 Å². The maximum absolute atomic E-state index is 6.01. The zero-order valence-electron chi connectivity index (χ0n) is 15.0. The number of ether oxygens (including phenoxy) is 1. The maximum atomic E-state index is 6.01. The molecule has 0 unspecified atom stereocenters. The SMILES string of the molecule is Cc1cc(SC(C)C)ccc1Oc1ccc2cc(CCN)ccc2n1. The lowest BCUT2D eigenvalue weighted by atomic mass is 10.1. The second-order valence-corrected chi connectivity index (χ2v) is 8.06. The van der Waals surface area contributed by atoms with E-state index in [0.29, 0.717) is 17.7 Å². The molecule has 1 aromatic heterocycles. The minimum Gasteiger partial charge on any atom is -0.439 e. The molecular formula is C21H24N2OS. The van der Waals surface area contributed by atoms with Gasteiger partial charge in [0.2, 0.25) is 5.88 Å². The average molecular weight is 353 g/mol. The van der Waals surface area contributed by atoms with Gasteiger partial charge in [0.1, 0.15) is 5.75 Å². The van der Waals surface area contributed by atoms with E-state index in [4.69, 9.17) is 10.5 Å². The van der Waals surface area contributed by atoms with Gasteiger partial charge in [0.15, 0.2) is 0 Å². The third-order valence-corrected chi connectivity index (χ3v) is 4.89. The molecular weight excluding hydrogens is 328 g/mol. The molecule has 0 saturated carbocycles. The maximum Gasteiger partial charge on any atom is 0.219 e. The third-order valence-electron chi connectivity index (χ3n) is 3.89. The van der Waals surface area contributed by atoms with Crippen molar-refractivity contribution in [1.82, 2.24) is 4.98 Å². The molecule has 0 atom stereocenters. The van der Waals surface area contributed by atoms with Crippen molar-refractivity contribution in [3.63, 3.8) is 0 Å². The molecule has 3 rings (SSSR count). The first-order valence-electron chi connectivity index (χ1n) is 8.60. The fourth-order valence-corrected chi connectivity index (χ4v) is 3.67. The number of nitrogens with zero attached hydrogens (tertiary/aromatic N) is 1. The van der Waals surface area contributed by atoms with Crippen molar-refractivity contribution in [2.45, 2.75) is 37.3 Å². The summed E-state index contributed by atoms with van der Waals surface area (Å²) in [7, 11) is 0. The molecule has 3 nitrogen and oxygen atoms in total. The molecule has 3 aromatic rings. The number of aromatic nitrogens is 1. The van der Waals surface area contributed by atoms with Gasteiger partial charge in [0.25, 0.3) is 0 Å². The summed E-state index contributed by atoms with van der Waals surface area (Å²) in [5.41, 5.74) is 8.91. The summed E-state index contributed by atoms with van der Waals surface area (Å²) in [6.07, 6.45) is 0.883. The molecule has 2 aromatic carbocycles. The minimum absolute atomic E-state index is 0.567. The summed E-state index contributed by atoms with van der Waals surface area (Å²) in [4.78, 5) is 5.89. The fraction of sp³-hybridized carbons (Fsp3) is 0.286. The van der Waals surface area contributed by atoms with E-state index in [1.54, 1.807) is 0 Å². The predicted molar refractivity (Wildman–Crippen MR) is 107 cm³/mol. The van der Waals surface area contributed by atoms with E-state index in [1.807, 2.05) is 30.0 Å². The van der Waals surface area contributed by atoms with E-state index in [1.165, 1.54) is 10.5 Å². The number of pyridine rings is 1. The number of rotatable bonds is 6. The van der Waals surface area contributed by atoms with Crippen LogP contribution in [-0.4, -0.2) is 16.8 Å². The zero-order valence-corrected chi connectivity index (χ0v) is 15.8. The highest BCUT2D eigenvalue weighted by molar-refractivity contribution is 7.99. The van der Waals surface area contributed by atoms with Crippen molar-refractivity contribution in [3.8, 4) is 11.6 Å². The molecule has 0 spiro atoms. The fourth-order valence-electron chi connectivity index (χ4n) is 2.73. The van der Waals surface area contributed by atoms with Gasteiger partial charge in [-0.15, -0.1) is 11.8 Å². The van der Waals surface area contributed by atoms with Crippen molar-refractivity contribution in [1.29, 1.82) is 0 Å². The Balaban J connectivity index is 1.81. The van der Waals surface area contributed by atoms with Crippen molar-refractivity contribution < 1.29 is 4.74 Å². The standard InChI is InChI=1S/C21H24N2OS/c1-14(2)25-18-6-8-20(15(3)12-18)24-21-9-5-17-13-16(10-11-22)4-7-19(17)23-21/h4-9,12-14H,10-11,22H2,1-3H3. The Bertz CT molecular complexity index is 877. The van der Waals surface area contributed by atoms with Crippen LogP contribution in [0.3, 0.4) is 0 Å². The summed E-state index contributed by atoms with van der Waals surface area (Å²) in [5, 5.41) is 1.68. The third kappa shape index (κ3) is 4.53. The van der Waals surface area contributed by atoms with E-state index in [2.05, 4.69) is 56.1 Å². The molecule has 2 N–H and O–H groups in total. The molecule has 0 aliphatic heterocycles. The zero-order chi connectivity index (χ0) is 17.8. The Labute approximate surface area is 153 Å². The number of aryl methyl sites for hydroxylation is 1. The Hall–Kier alpha value is -2.04. The number of thioether (sulfide) groups is 1. The lowest BCUT2D eigenvalue weighted by Crippen LogP contribution is -2.02. The van der Waals surface area contributed by atoms with Gasteiger partial charge in [-0.1, -0.05) is 19.9 Å².